The maximum Gasteiger partial charge on any atom is 0.305 e. The molecule has 0 saturated heterocycles. The van der Waals surface area contributed by atoms with Gasteiger partial charge in [-0.2, -0.15) is 0 Å². The van der Waals surface area contributed by atoms with Gasteiger partial charge in [-0.3, -0.25) is 9.59 Å². The van der Waals surface area contributed by atoms with Gasteiger partial charge in [-0.25, -0.2) is 0 Å². The summed E-state index contributed by atoms with van der Waals surface area (Å²) in [4.78, 5) is 24.6. The third-order valence-electron chi connectivity index (χ3n) is 19.4. The molecule has 532 valence electrons. The first-order chi connectivity index (χ1) is 44.5. The number of nitrogens with one attached hydrogen (secondary N) is 1. The van der Waals surface area contributed by atoms with Crippen LogP contribution in [0.25, 0.3) is 0 Å². The fraction of sp³-hybridized carbons (Fsp3) is 0.905. The minimum Gasteiger partial charge on any atom is -0.466 e. The molecule has 0 aliphatic heterocycles. The fourth-order valence-corrected chi connectivity index (χ4v) is 13.1. The van der Waals surface area contributed by atoms with Gasteiger partial charge in [-0.15, -0.1) is 0 Å². The van der Waals surface area contributed by atoms with E-state index in [1.165, 1.54) is 392 Å². The predicted octanol–water partition coefficient (Wildman–Crippen LogP) is 27.4. The normalized spacial score (nSPS) is 12.6. The standard InChI is InChI=1S/C84H161NO5/c1-3-5-7-9-11-13-15-16-17-18-19-20-21-35-38-41-44-47-50-53-57-60-64-68-72-76-82(87)81(80-86)85-83(88)77-73-69-65-61-58-54-51-48-45-42-39-36-33-31-29-27-25-23-22-24-26-28-30-32-34-37-40-43-46-49-52-55-59-63-67-71-75-79-90-84(89)78-74-70-66-62-56-14-12-10-8-6-4-2/h22,24,28,30,72,76,81-82,86-87H,3-21,23,25-27,29,31-71,73-75,77-80H2,1-2H3,(H,85,88)/b24-22-,30-28-,76-72+. The molecule has 6 heteroatoms. The first-order valence-electron chi connectivity index (χ1n) is 41.3. The van der Waals surface area contributed by atoms with Crippen LogP contribution in [-0.4, -0.2) is 47.4 Å². The van der Waals surface area contributed by atoms with E-state index in [1.807, 2.05) is 6.08 Å². The van der Waals surface area contributed by atoms with Gasteiger partial charge >= 0.3 is 5.97 Å². The smallest absolute Gasteiger partial charge is 0.305 e. The first kappa shape index (κ1) is 88.1. The Morgan fingerprint density at radius 1 is 0.311 bits per heavy atom. The fourth-order valence-electron chi connectivity index (χ4n) is 13.1. The molecule has 2 unspecified atom stereocenters. The van der Waals surface area contributed by atoms with Crippen molar-refractivity contribution >= 4 is 11.9 Å². The third kappa shape index (κ3) is 75.1. The molecule has 3 N–H and O–H groups in total. The van der Waals surface area contributed by atoms with Gasteiger partial charge in [0.2, 0.25) is 5.91 Å². The molecular formula is C84H161NO5. The molecule has 0 radical (unpaired) electrons. The van der Waals surface area contributed by atoms with Crippen LogP contribution >= 0.6 is 0 Å². The van der Waals surface area contributed by atoms with E-state index in [0.29, 0.717) is 19.4 Å². The van der Waals surface area contributed by atoms with Crippen LogP contribution in [0.1, 0.15) is 463 Å². The Hall–Kier alpha value is -1.92. The average Bonchev–Trinajstić information content (AvgIpc) is 3.62. The highest BCUT2D eigenvalue weighted by Crippen LogP contribution is 2.20. The molecule has 2 atom stereocenters. The van der Waals surface area contributed by atoms with Crippen LogP contribution in [0, 0.1) is 0 Å². The van der Waals surface area contributed by atoms with Crippen molar-refractivity contribution in [3.8, 4) is 0 Å². The Morgan fingerprint density at radius 2 is 0.556 bits per heavy atom. The monoisotopic (exact) mass is 1260 g/mol. The SMILES string of the molecule is CCCCCCCCCCCCCCCCCCCCCCCCC/C=C/C(O)C(CO)NC(=O)CCCCCCCCCCCCCCCCCCC/C=C\C/C=C\CCCCCCCCCCCCCCCOC(=O)CCCCCCCCCCCCC. The Morgan fingerprint density at radius 3 is 0.844 bits per heavy atom. The molecule has 0 spiro atoms. The van der Waals surface area contributed by atoms with Crippen LogP contribution in [0.15, 0.2) is 36.5 Å². The summed E-state index contributed by atoms with van der Waals surface area (Å²) in [7, 11) is 0. The van der Waals surface area contributed by atoms with E-state index in [1.54, 1.807) is 6.08 Å². The first-order valence-corrected chi connectivity index (χ1v) is 41.3. The summed E-state index contributed by atoms with van der Waals surface area (Å²) in [5.41, 5.74) is 0. The average molecular weight is 1270 g/mol. The summed E-state index contributed by atoms with van der Waals surface area (Å²) in [6, 6.07) is -0.628. The second-order valence-electron chi connectivity index (χ2n) is 28.5. The van der Waals surface area contributed by atoms with Crippen LogP contribution in [0.3, 0.4) is 0 Å². The Bertz CT molecular complexity index is 1460. The number of hydrogen-bond acceptors (Lipinski definition) is 5. The van der Waals surface area contributed by atoms with Crippen LogP contribution in [0.4, 0.5) is 0 Å². The van der Waals surface area contributed by atoms with E-state index in [9.17, 15) is 19.8 Å². The number of aliphatic hydroxyl groups excluding tert-OH is 2. The molecule has 0 aliphatic carbocycles. The van der Waals surface area contributed by atoms with Gasteiger partial charge in [-0.05, 0) is 64.2 Å². The highest BCUT2D eigenvalue weighted by molar-refractivity contribution is 5.76. The number of ether oxygens (including phenoxy) is 1. The van der Waals surface area contributed by atoms with Crippen molar-refractivity contribution in [3.63, 3.8) is 0 Å². The summed E-state index contributed by atoms with van der Waals surface area (Å²) in [6.07, 6.45) is 104. The van der Waals surface area contributed by atoms with E-state index in [2.05, 4.69) is 43.5 Å². The van der Waals surface area contributed by atoms with Crippen molar-refractivity contribution in [1.29, 1.82) is 0 Å². The zero-order valence-corrected chi connectivity index (χ0v) is 61.1. The van der Waals surface area contributed by atoms with E-state index in [-0.39, 0.29) is 18.5 Å². The van der Waals surface area contributed by atoms with Crippen LogP contribution in [0.2, 0.25) is 0 Å². The molecule has 0 rings (SSSR count). The van der Waals surface area contributed by atoms with Gasteiger partial charge < -0.3 is 20.3 Å². The summed E-state index contributed by atoms with van der Waals surface area (Å²) < 4.78 is 5.48. The number of hydrogen-bond donors (Lipinski definition) is 3. The van der Waals surface area contributed by atoms with Crippen molar-refractivity contribution in [1.82, 2.24) is 5.32 Å². The van der Waals surface area contributed by atoms with Gasteiger partial charge in [-0.1, -0.05) is 423 Å². The lowest BCUT2D eigenvalue weighted by Crippen LogP contribution is -2.45. The molecule has 6 nitrogen and oxygen atoms in total. The molecular weight excluding hydrogens is 1100 g/mol. The number of carbonyl (C=O) groups excluding carboxylic acids is 2. The quantitative estimate of drug-likeness (QED) is 0.0320. The minimum absolute atomic E-state index is 0.0190. The molecule has 0 aromatic rings. The van der Waals surface area contributed by atoms with Crippen molar-refractivity contribution < 1.29 is 24.5 Å². The molecule has 0 fully saturated rings. The number of esters is 1. The number of unbranched alkanes of at least 4 members (excludes halogenated alkanes) is 63. The molecule has 0 aliphatic rings. The Kier molecular flexibility index (Phi) is 77.8. The highest BCUT2D eigenvalue weighted by atomic mass is 16.5. The lowest BCUT2D eigenvalue weighted by atomic mass is 10.0. The maximum atomic E-state index is 12.6. The van der Waals surface area contributed by atoms with Crippen LogP contribution < -0.4 is 5.32 Å². The molecule has 0 aromatic carbocycles. The number of carbonyl (C=O) groups is 2. The largest absolute Gasteiger partial charge is 0.466 e. The van der Waals surface area contributed by atoms with Gasteiger partial charge in [0.15, 0.2) is 0 Å². The molecule has 0 bridgehead atoms. The van der Waals surface area contributed by atoms with Gasteiger partial charge in [0.1, 0.15) is 0 Å². The van der Waals surface area contributed by atoms with Crippen molar-refractivity contribution in [2.45, 2.75) is 475 Å². The number of allylic oxidation sites excluding steroid dienone is 5. The Balaban J connectivity index is 3.39. The zero-order chi connectivity index (χ0) is 64.9. The summed E-state index contributed by atoms with van der Waals surface area (Å²) in [6.45, 7) is 4.95. The van der Waals surface area contributed by atoms with Crippen LogP contribution in [-0.2, 0) is 14.3 Å². The molecule has 90 heavy (non-hydrogen) atoms. The van der Waals surface area contributed by atoms with E-state index in [4.69, 9.17) is 4.74 Å². The zero-order valence-electron chi connectivity index (χ0n) is 61.1. The van der Waals surface area contributed by atoms with E-state index < -0.39 is 12.1 Å². The molecule has 0 saturated carbocycles. The second kappa shape index (κ2) is 79.5. The van der Waals surface area contributed by atoms with Crippen LogP contribution in [0.5, 0.6) is 0 Å². The van der Waals surface area contributed by atoms with Gasteiger partial charge in [0.25, 0.3) is 0 Å². The number of amides is 1. The Labute approximate surface area is 564 Å². The molecule has 0 aromatic heterocycles. The van der Waals surface area contributed by atoms with E-state index >= 15 is 0 Å². The van der Waals surface area contributed by atoms with E-state index in [0.717, 1.165) is 44.9 Å². The predicted molar refractivity (Wildman–Crippen MR) is 398 cm³/mol. The lowest BCUT2D eigenvalue weighted by molar-refractivity contribution is -0.143. The minimum atomic E-state index is -0.844. The van der Waals surface area contributed by atoms with Crippen molar-refractivity contribution in [3.05, 3.63) is 36.5 Å². The molecule has 1 amide bonds. The summed E-state index contributed by atoms with van der Waals surface area (Å²) >= 11 is 0. The highest BCUT2D eigenvalue weighted by Gasteiger charge is 2.18. The number of aliphatic hydroxyl groups is 2. The summed E-state index contributed by atoms with van der Waals surface area (Å²) in [5, 5.41) is 23.3. The molecule has 0 heterocycles. The second-order valence-corrected chi connectivity index (χ2v) is 28.5. The lowest BCUT2D eigenvalue weighted by Gasteiger charge is -2.20. The third-order valence-corrected chi connectivity index (χ3v) is 19.4. The van der Waals surface area contributed by atoms with Gasteiger partial charge in [0, 0.05) is 12.8 Å². The maximum absolute atomic E-state index is 12.6. The van der Waals surface area contributed by atoms with Gasteiger partial charge in [0.05, 0.1) is 25.4 Å². The number of rotatable bonds is 78. The van der Waals surface area contributed by atoms with Crippen molar-refractivity contribution in [2.75, 3.05) is 13.2 Å². The summed E-state index contributed by atoms with van der Waals surface area (Å²) in [5.74, 6) is -0.0409. The topological polar surface area (TPSA) is 95.9 Å². The van der Waals surface area contributed by atoms with Crippen molar-refractivity contribution in [2.24, 2.45) is 0 Å².